The second-order valence-corrected chi connectivity index (χ2v) is 9.03. The fourth-order valence-electron chi connectivity index (χ4n) is 3.02. The Balaban J connectivity index is 1.74. The molecule has 3 rings (SSSR count). The number of amides is 1. The molecule has 1 fully saturated rings. The number of morpholine rings is 1. The average Bonchev–Trinajstić information content (AvgIpc) is 2.73. The Morgan fingerprint density at radius 2 is 1.86 bits per heavy atom. The van der Waals surface area contributed by atoms with Crippen LogP contribution in [0.25, 0.3) is 0 Å². The molecular weight excluding hydrogens is 400 g/mol. The smallest absolute Gasteiger partial charge is 0.252 e. The highest BCUT2D eigenvalue weighted by Crippen LogP contribution is 2.24. The summed E-state index contributed by atoms with van der Waals surface area (Å²) in [4.78, 5) is 12.7. The van der Waals surface area contributed by atoms with Gasteiger partial charge in [0.05, 0.1) is 28.7 Å². The van der Waals surface area contributed by atoms with Crippen LogP contribution >= 0.6 is 11.6 Å². The molecule has 0 spiro atoms. The third-order valence-corrected chi connectivity index (χ3v) is 6.95. The first-order chi connectivity index (χ1) is 13.4. The van der Waals surface area contributed by atoms with Gasteiger partial charge in [-0.2, -0.15) is 4.31 Å². The molecule has 1 N–H and O–H groups in total. The second kappa shape index (κ2) is 9.05. The minimum absolute atomic E-state index is 0.0556. The van der Waals surface area contributed by atoms with E-state index in [9.17, 15) is 13.2 Å². The first kappa shape index (κ1) is 20.8. The number of halogens is 1. The van der Waals surface area contributed by atoms with Crippen molar-refractivity contribution in [2.24, 2.45) is 0 Å². The van der Waals surface area contributed by atoms with Gasteiger partial charge in [0.1, 0.15) is 0 Å². The van der Waals surface area contributed by atoms with Crippen molar-refractivity contribution < 1.29 is 17.9 Å². The van der Waals surface area contributed by atoms with E-state index < -0.39 is 15.9 Å². The van der Waals surface area contributed by atoms with Gasteiger partial charge in [-0.05, 0) is 29.7 Å². The van der Waals surface area contributed by atoms with E-state index in [1.807, 2.05) is 37.3 Å². The lowest BCUT2D eigenvalue weighted by Gasteiger charge is -2.26. The molecule has 0 radical (unpaired) electrons. The number of carbonyl (C=O) groups is 1. The Hall–Kier alpha value is -1.93. The van der Waals surface area contributed by atoms with Gasteiger partial charge >= 0.3 is 0 Å². The van der Waals surface area contributed by atoms with Crippen LogP contribution in [0.2, 0.25) is 5.02 Å². The monoisotopic (exact) mass is 422 g/mol. The second-order valence-electron chi connectivity index (χ2n) is 6.68. The summed E-state index contributed by atoms with van der Waals surface area (Å²) in [7, 11) is -3.69. The van der Waals surface area contributed by atoms with Gasteiger partial charge < -0.3 is 10.1 Å². The fraction of sp³-hybridized carbons (Fsp3) is 0.350. The molecule has 0 bridgehead atoms. The van der Waals surface area contributed by atoms with Gasteiger partial charge in [0.25, 0.3) is 5.91 Å². The molecule has 6 nitrogen and oxygen atoms in total. The molecule has 0 unspecified atom stereocenters. The number of hydrogen-bond donors (Lipinski definition) is 1. The van der Waals surface area contributed by atoms with E-state index in [2.05, 4.69) is 5.32 Å². The third kappa shape index (κ3) is 4.72. The van der Waals surface area contributed by atoms with Crippen molar-refractivity contribution in [3.63, 3.8) is 0 Å². The fourth-order valence-corrected chi connectivity index (χ4v) is 4.65. The van der Waals surface area contributed by atoms with Crippen molar-refractivity contribution >= 4 is 27.5 Å². The third-order valence-electron chi connectivity index (χ3n) is 4.73. The van der Waals surface area contributed by atoms with Crippen LogP contribution in [0.4, 0.5) is 0 Å². The van der Waals surface area contributed by atoms with Crippen molar-refractivity contribution in [1.82, 2.24) is 9.62 Å². The molecule has 0 aliphatic carbocycles. The van der Waals surface area contributed by atoms with Crippen LogP contribution in [0.3, 0.4) is 0 Å². The zero-order valence-electron chi connectivity index (χ0n) is 15.6. The summed E-state index contributed by atoms with van der Waals surface area (Å²) < 4.78 is 32.2. The SMILES string of the molecule is C[C@H](CNC(=O)c1cc(S(=O)(=O)N2CCOCC2)ccc1Cl)c1ccccc1. The number of ether oxygens (including phenoxy) is 1. The molecule has 150 valence electrons. The lowest BCUT2D eigenvalue weighted by molar-refractivity contribution is 0.0730. The highest BCUT2D eigenvalue weighted by atomic mass is 35.5. The van der Waals surface area contributed by atoms with E-state index in [-0.39, 0.29) is 21.4 Å². The van der Waals surface area contributed by atoms with E-state index in [0.717, 1.165) is 5.56 Å². The lowest BCUT2D eigenvalue weighted by atomic mass is 10.0. The summed E-state index contributed by atoms with van der Waals surface area (Å²) in [5.74, 6) is -0.281. The molecule has 8 heteroatoms. The molecule has 1 aliphatic rings. The number of hydrogen-bond acceptors (Lipinski definition) is 4. The van der Waals surface area contributed by atoms with E-state index >= 15 is 0 Å². The van der Waals surface area contributed by atoms with Crippen LogP contribution in [-0.2, 0) is 14.8 Å². The molecule has 1 aliphatic heterocycles. The topological polar surface area (TPSA) is 75.7 Å². The first-order valence-electron chi connectivity index (χ1n) is 9.10. The van der Waals surface area contributed by atoms with Gasteiger partial charge in [-0.1, -0.05) is 48.9 Å². The number of carbonyl (C=O) groups excluding carboxylic acids is 1. The lowest BCUT2D eigenvalue weighted by Crippen LogP contribution is -2.40. The van der Waals surface area contributed by atoms with Gasteiger partial charge in [-0.25, -0.2) is 8.42 Å². The van der Waals surface area contributed by atoms with Crippen LogP contribution in [0.15, 0.2) is 53.4 Å². The molecule has 2 aromatic carbocycles. The normalized spacial score (nSPS) is 16.5. The van der Waals surface area contributed by atoms with Crippen LogP contribution < -0.4 is 5.32 Å². The Labute approximate surface area is 170 Å². The largest absolute Gasteiger partial charge is 0.379 e. The van der Waals surface area contributed by atoms with Gasteiger partial charge in [-0.3, -0.25) is 4.79 Å². The molecule has 1 saturated heterocycles. The Morgan fingerprint density at radius 3 is 2.54 bits per heavy atom. The number of nitrogens with one attached hydrogen (secondary N) is 1. The molecule has 1 amide bonds. The summed E-state index contributed by atoms with van der Waals surface area (Å²) in [6.07, 6.45) is 0. The predicted octanol–water partition coefficient (Wildman–Crippen LogP) is 2.89. The van der Waals surface area contributed by atoms with Crippen LogP contribution in [0.5, 0.6) is 0 Å². The number of sulfonamides is 1. The maximum absolute atomic E-state index is 12.8. The van der Waals surface area contributed by atoms with Gasteiger partial charge in [0.15, 0.2) is 0 Å². The first-order valence-corrected chi connectivity index (χ1v) is 10.9. The van der Waals surface area contributed by atoms with Gasteiger partial charge in [0, 0.05) is 19.6 Å². The average molecular weight is 423 g/mol. The summed E-state index contributed by atoms with van der Waals surface area (Å²) >= 11 is 6.17. The minimum Gasteiger partial charge on any atom is -0.379 e. The van der Waals surface area contributed by atoms with E-state index in [1.165, 1.54) is 22.5 Å². The zero-order valence-corrected chi connectivity index (χ0v) is 17.2. The molecule has 1 atom stereocenters. The Morgan fingerprint density at radius 1 is 1.18 bits per heavy atom. The van der Waals surface area contributed by atoms with E-state index in [0.29, 0.717) is 32.8 Å². The molecule has 1 heterocycles. The van der Waals surface area contributed by atoms with Crippen molar-refractivity contribution in [3.05, 3.63) is 64.7 Å². The van der Waals surface area contributed by atoms with Crippen LogP contribution in [0, 0.1) is 0 Å². The minimum atomic E-state index is -3.69. The van der Waals surface area contributed by atoms with Gasteiger partial charge in [0.2, 0.25) is 10.0 Å². The molecule has 0 saturated carbocycles. The maximum atomic E-state index is 12.8. The van der Waals surface area contributed by atoms with Gasteiger partial charge in [-0.15, -0.1) is 0 Å². The molecule has 0 aromatic heterocycles. The number of rotatable bonds is 6. The Kier molecular flexibility index (Phi) is 6.72. The van der Waals surface area contributed by atoms with Crippen molar-refractivity contribution in [3.8, 4) is 0 Å². The summed E-state index contributed by atoms with van der Waals surface area (Å²) in [5, 5.41) is 3.06. The van der Waals surface area contributed by atoms with Crippen molar-refractivity contribution in [2.45, 2.75) is 17.7 Å². The quantitative estimate of drug-likeness (QED) is 0.776. The molecular formula is C20H23ClN2O4S. The summed E-state index contributed by atoms with van der Waals surface area (Å²) in [6.45, 7) is 3.73. The standard InChI is InChI=1S/C20H23ClN2O4S/c1-15(16-5-3-2-4-6-16)14-22-20(24)18-13-17(7-8-19(18)21)28(25,26)23-9-11-27-12-10-23/h2-8,13,15H,9-12,14H2,1H3,(H,22,24)/t15-/m1/s1. The van der Waals surface area contributed by atoms with E-state index in [1.54, 1.807) is 0 Å². The number of nitrogens with zero attached hydrogens (tertiary/aromatic N) is 1. The predicted molar refractivity (Wildman–Crippen MR) is 108 cm³/mol. The van der Waals surface area contributed by atoms with Crippen molar-refractivity contribution in [2.75, 3.05) is 32.8 Å². The summed E-state index contributed by atoms with van der Waals surface area (Å²) in [6, 6.07) is 14.1. The summed E-state index contributed by atoms with van der Waals surface area (Å²) in [5.41, 5.74) is 1.26. The van der Waals surface area contributed by atoms with Crippen molar-refractivity contribution in [1.29, 1.82) is 0 Å². The molecule has 28 heavy (non-hydrogen) atoms. The maximum Gasteiger partial charge on any atom is 0.252 e. The van der Waals surface area contributed by atoms with Crippen LogP contribution in [-0.4, -0.2) is 51.5 Å². The van der Waals surface area contributed by atoms with Crippen LogP contribution in [0.1, 0.15) is 28.8 Å². The Bertz CT molecular complexity index is 928. The number of benzene rings is 2. The highest BCUT2D eigenvalue weighted by molar-refractivity contribution is 7.89. The van der Waals surface area contributed by atoms with E-state index in [4.69, 9.17) is 16.3 Å². The molecule has 2 aromatic rings. The zero-order chi connectivity index (χ0) is 20.1. The highest BCUT2D eigenvalue weighted by Gasteiger charge is 2.27.